The number of nitrogen functional groups attached to an aromatic ring is 1. The molecule has 4 nitrogen and oxygen atoms in total. The zero-order valence-corrected chi connectivity index (χ0v) is 13.8. The number of carbonyl (C=O) groups is 1. The van der Waals surface area contributed by atoms with E-state index in [0.717, 1.165) is 20.3 Å². The SMILES string of the molecule is COC(=O)c1cc(Nc2c(Br)cccc2Br)ccc1N. The second-order valence-corrected chi connectivity index (χ2v) is 5.72. The first-order valence-electron chi connectivity index (χ1n) is 5.72. The average molecular weight is 400 g/mol. The number of hydrogen-bond donors (Lipinski definition) is 2. The van der Waals surface area contributed by atoms with Gasteiger partial charge in [0.15, 0.2) is 0 Å². The van der Waals surface area contributed by atoms with Crippen LogP contribution >= 0.6 is 31.9 Å². The summed E-state index contributed by atoms with van der Waals surface area (Å²) in [5.74, 6) is -0.461. The van der Waals surface area contributed by atoms with Crippen LogP contribution in [0.3, 0.4) is 0 Å². The van der Waals surface area contributed by atoms with E-state index in [1.54, 1.807) is 18.2 Å². The van der Waals surface area contributed by atoms with Gasteiger partial charge in [-0.25, -0.2) is 4.79 Å². The molecule has 0 radical (unpaired) electrons. The number of benzene rings is 2. The Morgan fingerprint density at radius 1 is 1.20 bits per heavy atom. The first kappa shape index (κ1) is 14.9. The topological polar surface area (TPSA) is 64.3 Å². The summed E-state index contributed by atoms with van der Waals surface area (Å²) >= 11 is 6.94. The molecule has 0 amide bonds. The first-order valence-corrected chi connectivity index (χ1v) is 7.30. The molecule has 0 unspecified atom stereocenters. The minimum absolute atomic E-state index is 0.334. The van der Waals surface area contributed by atoms with Crippen molar-refractivity contribution in [1.29, 1.82) is 0 Å². The van der Waals surface area contributed by atoms with Crippen LogP contribution in [0.5, 0.6) is 0 Å². The zero-order valence-electron chi connectivity index (χ0n) is 10.6. The molecule has 20 heavy (non-hydrogen) atoms. The molecule has 0 spiro atoms. The van der Waals surface area contributed by atoms with Gasteiger partial charge in [0, 0.05) is 20.3 Å². The number of ether oxygens (including phenoxy) is 1. The predicted molar refractivity (Wildman–Crippen MR) is 87.3 cm³/mol. The Labute approximate surface area is 133 Å². The normalized spacial score (nSPS) is 10.2. The number of rotatable bonds is 3. The molecule has 2 aromatic carbocycles. The van der Waals surface area contributed by atoms with E-state index in [2.05, 4.69) is 37.2 Å². The van der Waals surface area contributed by atoms with Crippen molar-refractivity contribution in [3.05, 3.63) is 50.9 Å². The molecular weight excluding hydrogens is 388 g/mol. The van der Waals surface area contributed by atoms with Crippen LogP contribution in [-0.2, 0) is 4.74 Å². The molecule has 0 saturated carbocycles. The van der Waals surface area contributed by atoms with E-state index in [1.165, 1.54) is 7.11 Å². The fourth-order valence-electron chi connectivity index (χ4n) is 1.68. The smallest absolute Gasteiger partial charge is 0.340 e. The van der Waals surface area contributed by atoms with Gasteiger partial charge < -0.3 is 15.8 Å². The van der Waals surface area contributed by atoms with Crippen molar-refractivity contribution in [3.63, 3.8) is 0 Å². The Morgan fingerprint density at radius 2 is 1.85 bits per heavy atom. The van der Waals surface area contributed by atoms with Gasteiger partial charge in [0.05, 0.1) is 18.4 Å². The highest BCUT2D eigenvalue weighted by Crippen LogP contribution is 2.33. The largest absolute Gasteiger partial charge is 0.465 e. The molecule has 0 atom stereocenters. The highest BCUT2D eigenvalue weighted by Gasteiger charge is 2.12. The lowest BCUT2D eigenvalue weighted by Gasteiger charge is -2.12. The van der Waals surface area contributed by atoms with Gasteiger partial charge in [-0.05, 0) is 62.2 Å². The van der Waals surface area contributed by atoms with Crippen molar-refractivity contribution in [2.45, 2.75) is 0 Å². The number of esters is 1. The van der Waals surface area contributed by atoms with Gasteiger partial charge in [-0.1, -0.05) is 6.07 Å². The molecule has 6 heteroatoms. The van der Waals surface area contributed by atoms with Crippen molar-refractivity contribution in [2.24, 2.45) is 0 Å². The molecular formula is C14H12Br2N2O2. The van der Waals surface area contributed by atoms with Crippen molar-refractivity contribution >= 4 is 54.9 Å². The third-order valence-electron chi connectivity index (χ3n) is 2.69. The van der Waals surface area contributed by atoms with E-state index < -0.39 is 5.97 Å². The molecule has 3 N–H and O–H groups in total. The highest BCUT2D eigenvalue weighted by molar-refractivity contribution is 9.11. The van der Waals surface area contributed by atoms with Gasteiger partial charge in [-0.3, -0.25) is 0 Å². The summed E-state index contributed by atoms with van der Waals surface area (Å²) in [6.07, 6.45) is 0. The van der Waals surface area contributed by atoms with Gasteiger partial charge in [0.2, 0.25) is 0 Å². The van der Waals surface area contributed by atoms with E-state index in [0.29, 0.717) is 11.3 Å². The monoisotopic (exact) mass is 398 g/mol. The minimum atomic E-state index is -0.461. The fourth-order valence-corrected chi connectivity index (χ4v) is 2.88. The molecule has 0 saturated heterocycles. The van der Waals surface area contributed by atoms with E-state index in [-0.39, 0.29) is 0 Å². The van der Waals surface area contributed by atoms with Crippen molar-refractivity contribution in [3.8, 4) is 0 Å². The Bertz CT molecular complexity index is 639. The number of para-hydroxylation sites is 1. The summed E-state index contributed by atoms with van der Waals surface area (Å²) in [5.41, 5.74) is 8.10. The van der Waals surface area contributed by atoms with Crippen molar-refractivity contribution in [1.82, 2.24) is 0 Å². The molecule has 0 aliphatic heterocycles. The van der Waals surface area contributed by atoms with Crippen LogP contribution in [0.15, 0.2) is 45.3 Å². The lowest BCUT2D eigenvalue weighted by Crippen LogP contribution is -2.06. The number of anilines is 3. The number of nitrogens with one attached hydrogen (secondary N) is 1. The molecule has 0 fully saturated rings. The van der Waals surface area contributed by atoms with E-state index >= 15 is 0 Å². The number of methoxy groups -OCH3 is 1. The van der Waals surface area contributed by atoms with Crippen LogP contribution in [0.1, 0.15) is 10.4 Å². The molecule has 0 aliphatic rings. The Morgan fingerprint density at radius 3 is 2.45 bits per heavy atom. The zero-order chi connectivity index (χ0) is 14.7. The van der Waals surface area contributed by atoms with Crippen LogP contribution < -0.4 is 11.1 Å². The summed E-state index contributed by atoms with van der Waals surface area (Å²) in [6.45, 7) is 0. The summed E-state index contributed by atoms with van der Waals surface area (Å²) in [4.78, 5) is 11.6. The van der Waals surface area contributed by atoms with E-state index in [4.69, 9.17) is 10.5 Å². The van der Waals surface area contributed by atoms with Gasteiger partial charge in [-0.15, -0.1) is 0 Å². The molecule has 2 aromatic rings. The standard InChI is InChI=1S/C14H12Br2N2O2/c1-20-14(19)9-7-8(5-6-12(9)17)18-13-10(15)3-2-4-11(13)16/h2-7,18H,17H2,1H3. The van der Waals surface area contributed by atoms with Crippen LogP contribution in [0.25, 0.3) is 0 Å². The molecule has 0 heterocycles. The van der Waals surface area contributed by atoms with Crippen LogP contribution in [-0.4, -0.2) is 13.1 Å². The number of nitrogens with two attached hydrogens (primary N) is 1. The van der Waals surface area contributed by atoms with Crippen LogP contribution in [0.4, 0.5) is 17.1 Å². The lowest BCUT2D eigenvalue weighted by atomic mass is 10.1. The second kappa shape index (κ2) is 6.28. The molecule has 2 rings (SSSR count). The van der Waals surface area contributed by atoms with E-state index in [9.17, 15) is 4.79 Å². The van der Waals surface area contributed by atoms with Crippen molar-refractivity contribution < 1.29 is 9.53 Å². The minimum Gasteiger partial charge on any atom is -0.465 e. The summed E-state index contributed by atoms with van der Waals surface area (Å²) in [6, 6.07) is 10.9. The third kappa shape index (κ3) is 3.13. The molecule has 0 bridgehead atoms. The van der Waals surface area contributed by atoms with Crippen LogP contribution in [0.2, 0.25) is 0 Å². The number of carbonyl (C=O) groups excluding carboxylic acids is 1. The maximum atomic E-state index is 11.6. The highest BCUT2D eigenvalue weighted by atomic mass is 79.9. The lowest BCUT2D eigenvalue weighted by molar-refractivity contribution is 0.0602. The molecule has 0 aromatic heterocycles. The second-order valence-electron chi connectivity index (χ2n) is 4.02. The van der Waals surface area contributed by atoms with Gasteiger partial charge in [0.1, 0.15) is 0 Å². The fraction of sp³-hybridized carbons (Fsp3) is 0.0714. The number of hydrogen-bond acceptors (Lipinski definition) is 4. The first-order chi connectivity index (χ1) is 9.52. The van der Waals surface area contributed by atoms with Gasteiger partial charge in [0.25, 0.3) is 0 Å². The number of halogens is 2. The maximum Gasteiger partial charge on any atom is 0.340 e. The van der Waals surface area contributed by atoms with Crippen molar-refractivity contribution in [2.75, 3.05) is 18.2 Å². The summed E-state index contributed by atoms with van der Waals surface area (Å²) < 4.78 is 6.52. The molecule has 104 valence electrons. The maximum absolute atomic E-state index is 11.6. The molecule has 0 aliphatic carbocycles. The van der Waals surface area contributed by atoms with Gasteiger partial charge in [-0.2, -0.15) is 0 Å². The Kier molecular flexibility index (Phi) is 4.67. The van der Waals surface area contributed by atoms with Crippen LogP contribution in [0, 0.1) is 0 Å². The Balaban J connectivity index is 2.37. The predicted octanol–water partition coefficient (Wildman–Crippen LogP) is 4.32. The summed E-state index contributed by atoms with van der Waals surface area (Å²) in [7, 11) is 1.33. The van der Waals surface area contributed by atoms with Gasteiger partial charge >= 0.3 is 5.97 Å². The van der Waals surface area contributed by atoms with E-state index in [1.807, 2.05) is 18.2 Å². The Hall–Kier alpha value is -1.53. The summed E-state index contributed by atoms with van der Waals surface area (Å²) in [5, 5.41) is 3.23. The quantitative estimate of drug-likeness (QED) is 0.595. The average Bonchev–Trinajstić information content (AvgIpc) is 2.44. The third-order valence-corrected chi connectivity index (χ3v) is 4.01.